The molecule has 202 valence electrons. The van der Waals surface area contributed by atoms with Crippen LogP contribution in [0.2, 0.25) is 0 Å². The maximum Gasteiger partial charge on any atom is 0.312 e. The van der Waals surface area contributed by atoms with Gasteiger partial charge in [0.2, 0.25) is 0 Å². The van der Waals surface area contributed by atoms with Crippen LogP contribution in [0.3, 0.4) is 0 Å². The maximum absolute atomic E-state index is 13.1. The fraction of sp³-hybridized carbons (Fsp3) is 0.933. The van der Waals surface area contributed by atoms with Crippen molar-refractivity contribution in [3.63, 3.8) is 0 Å². The molecule has 0 saturated heterocycles. The molecule has 34 heavy (non-hydrogen) atoms. The number of unbranched alkanes of at least 4 members (excludes halogenated alkanes) is 15. The predicted octanol–water partition coefficient (Wildman–Crippen LogP) is 9.33. The molecular weight excluding hydrogens is 424 g/mol. The first-order valence-corrected chi connectivity index (χ1v) is 14.9. The summed E-state index contributed by atoms with van der Waals surface area (Å²) in [7, 11) is 0. The average molecular weight is 483 g/mol. The van der Waals surface area contributed by atoms with Crippen LogP contribution in [0.25, 0.3) is 0 Å². The van der Waals surface area contributed by atoms with E-state index in [0.717, 1.165) is 57.8 Å². The molecule has 0 amide bonds. The van der Waals surface area contributed by atoms with Gasteiger partial charge >= 0.3 is 11.9 Å². The van der Waals surface area contributed by atoms with Crippen LogP contribution in [-0.4, -0.2) is 25.2 Å². The van der Waals surface area contributed by atoms with Crippen LogP contribution in [0, 0.1) is 5.41 Å². The van der Waals surface area contributed by atoms with Gasteiger partial charge in [0.1, 0.15) is 0 Å². The zero-order valence-corrected chi connectivity index (χ0v) is 23.4. The third kappa shape index (κ3) is 17.4. The van der Waals surface area contributed by atoms with Crippen LogP contribution in [0.1, 0.15) is 163 Å². The smallest absolute Gasteiger partial charge is 0.312 e. The third-order valence-electron chi connectivity index (χ3n) is 7.09. The van der Waals surface area contributed by atoms with Gasteiger partial charge in [-0.05, 0) is 25.7 Å². The van der Waals surface area contributed by atoms with Gasteiger partial charge in [-0.1, -0.05) is 130 Å². The van der Waals surface area contributed by atoms with Gasteiger partial charge < -0.3 is 9.47 Å². The summed E-state index contributed by atoms with van der Waals surface area (Å²) in [5.74, 6) is -0.443. The first-order chi connectivity index (χ1) is 16.6. The third-order valence-corrected chi connectivity index (χ3v) is 7.09. The highest BCUT2D eigenvalue weighted by molar-refractivity contribution is 5.83. The summed E-state index contributed by atoms with van der Waals surface area (Å²) >= 11 is 0. The predicted molar refractivity (Wildman–Crippen MR) is 144 cm³/mol. The summed E-state index contributed by atoms with van der Waals surface area (Å²) in [6, 6.07) is 0. The van der Waals surface area contributed by atoms with Crippen LogP contribution in [0.5, 0.6) is 0 Å². The maximum atomic E-state index is 13.1. The molecule has 0 aliphatic heterocycles. The Morgan fingerprint density at radius 3 is 1.41 bits per heavy atom. The summed E-state index contributed by atoms with van der Waals surface area (Å²) in [6.45, 7) is 9.46. The lowest BCUT2D eigenvalue weighted by molar-refractivity contribution is -0.164. The van der Waals surface area contributed by atoms with Crippen molar-refractivity contribution in [2.75, 3.05) is 13.2 Å². The van der Waals surface area contributed by atoms with E-state index >= 15 is 0 Å². The molecule has 1 unspecified atom stereocenters. The largest absolute Gasteiger partial charge is 0.466 e. The van der Waals surface area contributed by atoms with E-state index in [0.29, 0.717) is 19.6 Å². The zero-order chi connectivity index (χ0) is 25.3. The fourth-order valence-corrected chi connectivity index (χ4v) is 4.55. The molecule has 0 saturated carbocycles. The lowest BCUT2D eigenvalue weighted by Crippen LogP contribution is -2.36. The number of rotatable bonds is 25. The zero-order valence-electron chi connectivity index (χ0n) is 23.4. The van der Waals surface area contributed by atoms with Crippen molar-refractivity contribution in [1.29, 1.82) is 0 Å². The highest BCUT2D eigenvalue weighted by Gasteiger charge is 2.40. The van der Waals surface area contributed by atoms with Crippen LogP contribution in [0.4, 0.5) is 0 Å². The highest BCUT2D eigenvalue weighted by Crippen LogP contribution is 2.35. The minimum Gasteiger partial charge on any atom is -0.466 e. The van der Waals surface area contributed by atoms with Crippen LogP contribution in [0.15, 0.2) is 0 Å². The van der Waals surface area contributed by atoms with E-state index in [1.807, 2.05) is 6.92 Å². The van der Waals surface area contributed by atoms with Gasteiger partial charge in [0.25, 0.3) is 0 Å². The van der Waals surface area contributed by atoms with Crippen molar-refractivity contribution in [2.45, 2.75) is 163 Å². The quantitative estimate of drug-likeness (QED) is 0.0960. The van der Waals surface area contributed by atoms with Gasteiger partial charge in [0.15, 0.2) is 0 Å². The van der Waals surface area contributed by atoms with E-state index in [1.54, 1.807) is 0 Å². The van der Waals surface area contributed by atoms with E-state index in [2.05, 4.69) is 20.8 Å². The molecule has 4 nitrogen and oxygen atoms in total. The van der Waals surface area contributed by atoms with Crippen molar-refractivity contribution >= 4 is 11.9 Å². The molecule has 1 atom stereocenters. The summed E-state index contributed by atoms with van der Waals surface area (Å²) in [6.07, 6.45) is 23.1. The normalized spacial score (nSPS) is 12.9. The summed E-state index contributed by atoms with van der Waals surface area (Å²) in [5.41, 5.74) is -0.730. The fourth-order valence-electron chi connectivity index (χ4n) is 4.55. The van der Waals surface area contributed by atoms with E-state index in [9.17, 15) is 9.59 Å². The standard InChI is InChI=1S/C30H58O4/c1-5-9-12-13-14-15-16-17-18-19-20-21-24-30(8-4,29(32)34-26-23-11-7-3)27-28(31)33-25-22-10-6-2/h5-27H2,1-4H3. The molecule has 0 N–H and O–H groups in total. The van der Waals surface area contributed by atoms with E-state index < -0.39 is 5.41 Å². The van der Waals surface area contributed by atoms with E-state index in [4.69, 9.17) is 9.47 Å². The van der Waals surface area contributed by atoms with Gasteiger partial charge in [-0.3, -0.25) is 9.59 Å². The lowest BCUT2D eigenvalue weighted by Gasteiger charge is -2.29. The first kappa shape index (κ1) is 32.9. The van der Waals surface area contributed by atoms with Crippen LogP contribution in [-0.2, 0) is 19.1 Å². The molecule has 0 aliphatic carbocycles. The van der Waals surface area contributed by atoms with Crippen molar-refractivity contribution in [1.82, 2.24) is 0 Å². The second kappa shape index (κ2) is 23.7. The number of carbonyl (C=O) groups excluding carboxylic acids is 2. The number of hydrogen-bond acceptors (Lipinski definition) is 4. The average Bonchev–Trinajstić information content (AvgIpc) is 2.84. The van der Waals surface area contributed by atoms with Crippen molar-refractivity contribution in [3.05, 3.63) is 0 Å². The molecule has 0 fully saturated rings. The van der Waals surface area contributed by atoms with Crippen LogP contribution < -0.4 is 0 Å². The number of carbonyl (C=O) groups is 2. The molecule has 0 rings (SSSR count). The van der Waals surface area contributed by atoms with E-state index in [-0.39, 0.29) is 18.4 Å². The molecule has 0 spiro atoms. The molecule has 0 heterocycles. The molecule has 0 aromatic heterocycles. The topological polar surface area (TPSA) is 52.6 Å². The number of ether oxygens (including phenoxy) is 2. The Morgan fingerprint density at radius 1 is 0.529 bits per heavy atom. The summed E-state index contributed by atoms with van der Waals surface area (Å²) < 4.78 is 11.1. The van der Waals surface area contributed by atoms with Gasteiger partial charge in [-0.2, -0.15) is 0 Å². The first-order valence-electron chi connectivity index (χ1n) is 14.9. The Labute approximate surface area is 212 Å². The van der Waals surface area contributed by atoms with Gasteiger partial charge in [-0.25, -0.2) is 0 Å². The van der Waals surface area contributed by atoms with Crippen molar-refractivity contribution in [2.24, 2.45) is 5.41 Å². The molecular formula is C30H58O4. The van der Waals surface area contributed by atoms with Gasteiger partial charge in [0, 0.05) is 0 Å². The summed E-state index contributed by atoms with van der Waals surface area (Å²) in [5, 5.41) is 0. The molecule has 0 bridgehead atoms. The number of hydrogen-bond donors (Lipinski definition) is 0. The van der Waals surface area contributed by atoms with Gasteiger partial charge in [-0.15, -0.1) is 0 Å². The molecule has 0 aliphatic rings. The number of esters is 2. The lowest BCUT2D eigenvalue weighted by atomic mass is 9.77. The van der Waals surface area contributed by atoms with Crippen molar-refractivity contribution in [3.8, 4) is 0 Å². The Kier molecular flexibility index (Phi) is 22.9. The van der Waals surface area contributed by atoms with Gasteiger partial charge in [0.05, 0.1) is 25.0 Å². The molecule has 4 heteroatoms. The second-order valence-electron chi connectivity index (χ2n) is 10.2. The SMILES string of the molecule is CCCCCCCCCCCCCCC(CC)(CC(=O)OCCCCC)C(=O)OCCCCC. The Morgan fingerprint density at radius 2 is 0.941 bits per heavy atom. The molecule has 0 radical (unpaired) electrons. The Bertz CT molecular complexity index is 476. The monoisotopic (exact) mass is 482 g/mol. The highest BCUT2D eigenvalue weighted by atomic mass is 16.5. The minimum absolute atomic E-state index is 0.153. The minimum atomic E-state index is -0.730. The Hall–Kier alpha value is -1.06. The molecule has 0 aromatic rings. The molecule has 0 aromatic carbocycles. The van der Waals surface area contributed by atoms with Crippen molar-refractivity contribution < 1.29 is 19.1 Å². The Balaban J connectivity index is 4.44. The summed E-state index contributed by atoms with van der Waals surface area (Å²) in [4.78, 5) is 25.6. The second-order valence-corrected chi connectivity index (χ2v) is 10.2. The van der Waals surface area contributed by atoms with Crippen LogP contribution >= 0.6 is 0 Å². The van der Waals surface area contributed by atoms with E-state index in [1.165, 1.54) is 64.2 Å².